The summed E-state index contributed by atoms with van der Waals surface area (Å²) in [5.41, 5.74) is 14.0. The minimum Gasteiger partial charge on any atom is -0.462 e. The first-order valence-electron chi connectivity index (χ1n) is 7.41. The normalized spacial score (nSPS) is 11.6. The number of ether oxygens (including phenoxy) is 1. The van der Waals surface area contributed by atoms with Gasteiger partial charge in [0.1, 0.15) is 0 Å². The van der Waals surface area contributed by atoms with Crippen LogP contribution in [0.25, 0.3) is 0 Å². The molecule has 6 heteroatoms. The number of carbonyl (C=O) groups excluding carboxylic acids is 1. The van der Waals surface area contributed by atoms with Crippen LogP contribution < -0.4 is 17.2 Å². The maximum atomic E-state index is 11.6. The van der Waals surface area contributed by atoms with Gasteiger partial charge in [0.15, 0.2) is 0 Å². The average molecular weight is 332 g/mol. The Labute approximate surface area is 139 Å². The number of hydrogen-bond donors (Lipinski definition) is 3. The van der Waals surface area contributed by atoms with E-state index >= 15 is 0 Å². The fraction of sp³-hybridized carbons (Fsp3) is 0.562. The molecule has 1 saturated carbocycles. The summed E-state index contributed by atoms with van der Waals surface area (Å²) in [6.45, 7) is 0.516. The van der Waals surface area contributed by atoms with Crippen LogP contribution >= 0.6 is 11.6 Å². The van der Waals surface area contributed by atoms with Crippen LogP contribution in [-0.2, 0) is 4.74 Å². The van der Waals surface area contributed by atoms with Gasteiger partial charge in [0.2, 0.25) is 0 Å². The summed E-state index contributed by atoms with van der Waals surface area (Å²) in [4.78, 5) is 11.6. The summed E-state index contributed by atoms with van der Waals surface area (Å²) in [6, 6.07) is 6.84. The first-order valence-corrected chi connectivity index (χ1v) is 7.79. The lowest BCUT2D eigenvalue weighted by atomic mass is 10.2. The summed E-state index contributed by atoms with van der Waals surface area (Å²) < 4.78 is 5.16. The highest BCUT2D eigenvalue weighted by molar-refractivity contribution is 6.30. The SMILES string of the molecule is CN.CN.CN.O=C(OCCCC1CC1)c1cccc(Cl)c1. The van der Waals surface area contributed by atoms with Crippen molar-refractivity contribution in [2.75, 3.05) is 27.7 Å². The smallest absolute Gasteiger partial charge is 0.338 e. The molecule has 0 bridgehead atoms. The Morgan fingerprint density at radius 2 is 1.77 bits per heavy atom. The van der Waals surface area contributed by atoms with E-state index in [4.69, 9.17) is 16.3 Å². The minimum atomic E-state index is -0.279. The van der Waals surface area contributed by atoms with Crippen molar-refractivity contribution in [1.29, 1.82) is 0 Å². The largest absolute Gasteiger partial charge is 0.462 e. The molecule has 6 N–H and O–H groups in total. The molecule has 1 aliphatic carbocycles. The molecule has 5 nitrogen and oxygen atoms in total. The molecule has 0 amide bonds. The van der Waals surface area contributed by atoms with Crippen molar-refractivity contribution in [2.45, 2.75) is 25.7 Å². The maximum Gasteiger partial charge on any atom is 0.338 e. The zero-order valence-corrected chi connectivity index (χ0v) is 14.6. The lowest BCUT2D eigenvalue weighted by Crippen LogP contribution is -2.06. The van der Waals surface area contributed by atoms with Gasteiger partial charge < -0.3 is 21.9 Å². The van der Waals surface area contributed by atoms with Crippen LogP contribution in [0.15, 0.2) is 24.3 Å². The predicted molar refractivity (Wildman–Crippen MR) is 94.0 cm³/mol. The number of hydrogen-bond acceptors (Lipinski definition) is 5. The van der Waals surface area contributed by atoms with E-state index in [1.165, 1.54) is 40.4 Å². The minimum absolute atomic E-state index is 0.279. The molecular formula is C16H30ClN3O2. The summed E-state index contributed by atoms with van der Waals surface area (Å²) >= 11 is 5.79. The van der Waals surface area contributed by atoms with Gasteiger partial charge in [0.25, 0.3) is 0 Å². The molecule has 0 spiro atoms. The fourth-order valence-electron chi connectivity index (χ4n) is 1.64. The van der Waals surface area contributed by atoms with Gasteiger partial charge in [-0.2, -0.15) is 0 Å². The molecule has 128 valence electrons. The summed E-state index contributed by atoms with van der Waals surface area (Å²) in [5, 5.41) is 0.562. The molecule has 22 heavy (non-hydrogen) atoms. The topological polar surface area (TPSA) is 104 Å². The maximum absolute atomic E-state index is 11.6. The molecule has 0 aliphatic heterocycles. The van der Waals surface area contributed by atoms with Gasteiger partial charge in [0.05, 0.1) is 12.2 Å². The first kappa shape index (κ1) is 23.1. The Hall–Kier alpha value is -1.14. The second-order valence-corrected chi connectivity index (χ2v) is 4.67. The van der Waals surface area contributed by atoms with Crippen molar-refractivity contribution in [3.8, 4) is 0 Å². The number of halogens is 1. The van der Waals surface area contributed by atoms with Crippen LogP contribution in [0, 0.1) is 5.92 Å². The molecule has 2 rings (SSSR count). The van der Waals surface area contributed by atoms with Crippen LogP contribution in [-0.4, -0.2) is 33.7 Å². The Bertz CT molecular complexity index is 385. The van der Waals surface area contributed by atoms with Gasteiger partial charge in [-0.25, -0.2) is 4.79 Å². The molecular weight excluding hydrogens is 302 g/mol. The number of esters is 1. The number of rotatable bonds is 5. The van der Waals surface area contributed by atoms with Crippen LogP contribution in [0.1, 0.15) is 36.0 Å². The third-order valence-corrected chi connectivity index (χ3v) is 2.98. The summed E-state index contributed by atoms with van der Waals surface area (Å²) in [6.07, 6.45) is 4.85. The van der Waals surface area contributed by atoms with E-state index < -0.39 is 0 Å². The first-order chi connectivity index (χ1) is 10.8. The Balaban J connectivity index is 0. The number of benzene rings is 1. The van der Waals surface area contributed by atoms with E-state index in [1.807, 2.05) is 0 Å². The zero-order chi connectivity index (χ0) is 17.4. The average Bonchev–Trinajstić information content (AvgIpc) is 3.41. The number of carbonyl (C=O) groups is 1. The second-order valence-electron chi connectivity index (χ2n) is 4.23. The van der Waals surface area contributed by atoms with Crippen LogP contribution in [0.3, 0.4) is 0 Å². The lowest BCUT2D eigenvalue weighted by molar-refractivity contribution is 0.0497. The second kappa shape index (κ2) is 16.2. The molecule has 1 aromatic rings. The van der Waals surface area contributed by atoms with Crippen molar-refractivity contribution in [3.05, 3.63) is 34.9 Å². The van der Waals surface area contributed by atoms with Crippen molar-refractivity contribution < 1.29 is 9.53 Å². The van der Waals surface area contributed by atoms with Gasteiger partial charge >= 0.3 is 5.97 Å². The Morgan fingerprint density at radius 3 is 2.27 bits per heavy atom. The molecule has 0 unspecified atom stereocenters. The number of nitrogens with two attached hydrogens (primary N) is 3. The van der Waals surface area contributed by atoms with Crippen LogP contribution in [0.5, 0.6) is 0 Å². The quantitative estimate of drug-likeness (QED) is 0.567. The van der Waals surface area contributed by atoms with Gasteiger partial charge in [-0.3, -0.25) is 0 Å². The van der Waals surface area contributed by atoms with Crippen LogP contribution in [0.4, 0.5) is 0 Å². The monoisotopic (exact) mass is 331 g/mol. The summed E-state index contributed by atoms with van der Waals surface area (Å²) in [5.74, 6) is 0.614. The molecule has 1 aromatic carbocycles. The van der Waals surface area contributed by atoms with E-state index in [1.54, 1.807) is 24.3 Å². The highest BCUT2D eigenvalue weighted by Crippen LogP contribution is 2.33. The van der Waals surface area contributed by atoms with E-state index in [-0.39, 0.29) is 5.97 Å². The summed E-state index contributed by atoms with van der Waals surface area (Å²) in [7, 11) is 4.50. The van der Waals surface area contributed by atoms with Gasteiger partial charge in [-0.1, -0.05) is 30.5 Å². The molecule has 0 aromatic heterocycles. The van der Waals surface area contributed by atoms with Gasteiger partial charge in [0, 0.05) is 5.02 Å². The molecule has 1 fully saturated rings. The van der Waals surface area contributed by atoms with E-state index in [0.29, 0.717) is 17.2 Å². The standard InChI is InChI=1S/C13H15ClO2.3CH5N/c14-12-5-1-4-11(9-12)13(15)16-8-2-3-10-6-7-10;3*1-2/h1,4-5,9-10H,2-3,6-8H2;3*2H2,1H3. The Morgan fingerprint density at radius 1 is 1.18 bits per heavy atom. The van der Waals surface area contributed by atoms with E-state index in [2.05, 4.69) is 17.2 Å². The molecule has 0 saturated heterocycles. The third-order valence-electron chi connectivity index (χ3n) is 2.75. The molecule has 1 aliphatic rings. The molecule has 0 radical (unpaired) electrons. The molecule has 0 heterocycles. The van der Waals surface area contributed by atoms with Crippen molar-refractivity contribution >= 4 is 17.6 Å². The van der Waals surface area contributed by atoms with Gasteiger partial charge in [-0.05, 0) is 58.1 Å². The highest BCUT2D eigenvalue weighted by Gasteiger charge is 2.20. The van der Waals surface area contributed by atoms with E-state index in [9.17, 15) is 4.79 Å². The predicted octanol–water partition coefficient (Wildman–Crippen LogP) is 2.41. The van der Waals surface area contributed by atoms with Crippen molar-refractivity contribution in [1.82, 2.24) is 0 Å². The van der Waals surface area contributed by atoms with Crippen LogP contribution in [0.2, 0.25) is 5.02 Å². The van der Waals surface area contributed by atoms with E-state index in [0.717, 1.165) is 12.3 Å². The van der Waals surface area contributed by atoms with Crippen molar-refractivity contribution in [3.63, 3.8) is 0 Å². The zero-order valence-electron chi connectivity index (χ0n) is 13.8. The molecule has 0 atom stereocenters. The fourth-order valence-corrected chi connectivity index (χ4v) is 1.83. The Kier molecular flexibility index (Phi) is 17.1. The van der Waals surface area contributed by atoms with Gasteiger partial charge in [-0.15, -0.1) is 0 Å². The lowest BCUT2D eigenvalue weighted by Gasteiger charge is -2.04. The highest BCUT2D eigenvalue weighted by atomic mass is 35.5. The van der Waals surface area contributed by atoms with Crippen molar-refractivity contribution in [2.24, 2.45) is 23.1 Å². The third kappa shape index (κ3) is 11.5.